The summed E-state index contributed by atoms with van der Waals surface area (Å²) in [6, 6.07) is 35.7. The Labute approximate surface area is 141 Å². The number of rotatable bonds is 1. The Hall–Kier alpha value is -3.12. The highest BCUT2D eigenvalue weighted by molar-refractivity contribution is 6.14. The molecule has 0 bridgehead atoms. The van der Waals surface area contributed by atoms with Crippen molar-refractivity contribution in [3.63, 3.8) is 0 Å². The first-order chi connectivity index (χ1) is 11.9. The maximum atomic E-state index is 3.34. The van der Waals surface area contributed by atoms with Crippen molar-refractivity contribution < 1.29 is 0 Å². The maximum absolute atomic E-state index is 3.34. The Kier molecular flexibility index (Phi) is 2.89. The Morgan fingerprint density at radius 2 is 1.21 bits per heavy atom. The highest BCUT2D eigenvalue weighted by Gasteiger charge is 2.09. The van der Waals surface area contributed by atoms with Crippen LogP contribution in [0.3, 0.4) is 0 Å². The molecule has 0 amide bonds. The van der Waals surface area contributed by atoms with Crippen molar-refractivity contribution in [2.24, 2.45) is 0 Å². The van der Waals surface area contributed by atoms with Gasteiger partial charge in [-0.2, -0.15) is 0 Å². The van der Waals surface area contributed by atoms with Gasteiger partial charge < -0.3 is 0 Å². The molecule has 1 radical (unpaired) electrons. The predicted molar refractivity (Wildman–Crippen MR) is 103 cm³/mol. The third-order valence-corrected chi connectivity index (χ3v) is 4.78. The third-order valence-electron chi connectivity index (χ3n) is 4.78. The van der Waals surface area contributed by atoms with Gasteiger partial charge in [-0.15, -0.1) is 0 Å². The molecule has 0 saturated heterocycles. The molecule has 0 saturated carbocycles. The van der Waals surface area contributed by atoms with Gasteiger partial charge in [-0.05, 0) is 49.5 Å². The van der Waals surface area contributed by atoms with Gasteiger partial charge in [-0.25, -0.2) is 0 Å². The van der Waals surface area contributed by atoms with Crippen molar-refractivity contribution in [2.45, 2.75) is 0 Å². The first kappa shape index (κ1) is 13.3. The molecule has 111 valence electrons. The molecule has 0 N–H and O–H groups in total. The van der Waals surface area contributed by atoms with E-state index in [0.717, 1.165) is 5.39 Å². The van der Waals surface area contributed by atoms with E-state index in [4.69, 9.17) is 0 Å². The summed E-state index contributed by atoms with van der Waals surface area (Å²) in [6.07, 6.45) is 0. The van der Waals surface area contributed by atoms with Crippen LogP contribution in [0.5, 0.6) is 0 Å². The van der Waals surface area contributed by atoms with Crippen LogP contribution in [-0.2, 0) is 0 Å². The van der Waals surface area contributed by atoms with E-state index in [1.54, 1.807) is 0 Å². The van der Waals surface area contributed by atoms with Crippen LogP contribution in [0.25, 0.3) is 43.4 Å². The van der Waals surface area contributed by atoms with Crippen LogP contribution >= 0.6 is 0 Å². The molecule has 5 aromatic rings. The Balaban J connectivity index is 1.91. The molecule has 0 heterocycles. The van der Waals surface area contributed by atoms with Crippen LogP contribution < -0.4 is 0 Å². The molecule has 0 atom stereocenters. The molecule has 0 heteroatoms. The molecule has 0 aliphatic rings. The van der Waals surface area contributed by atoms with Crippen molar-refractivity contribution in [1.29, 1.82) is 0 Å². The van der Waals surface area contributed by atoms with Crippen molar-refractivity contribution in [1.82, 2.24) is 0 Å². The second-order valence-corrected chi connectivity index (χ2v) is 6.12. The van der Waals surface area contributed by atoms with Gasteiger partial charge in [0.15, 0.2) is 0 Å². The minimum absolute atomic E-state index is 1.16. The lowest BCUT2D eigenvalue weighted by Crippen LogP contribution is -1.85. The van der Waals surface area contributed by atoms with E-state index < -0.39 is 0 Å². The van der Waals surface area contributed by atoms with E-state index in [0.29, 0.717) is 0 Å². The van der Waals surface area contributed by atoms with Gasteiger partial charge >= 0.3 is 0 Å². The fourth-order valence-corrected chi connectivity index (χ4v) is 3.66. The normalized spacial score (nSPS) is 11.3. The average molecular weight is 303 g/mol. The van der Waals surface area contributed by atoms with E-state index in [-0.39, 0.29) is 0 Å². The summed E-state index contributed by atoms with van der Waals surface area (Å²) in [6.45, 7) is 0. The zero-order valence-electron chi connectivity index (χ0n) is 13.2. The Morgan fingerprint density at radius 3 is 2.17 bits per heavy atom. The zero-order chi connectivity index (χ0) is 15.9. The predicted octanol–water partition coefficient (Wildman–Crippen LogP) is 6.61. The molecule has 0 aromatic heterocycles. The summed E-state index contributed by atoms with van der Waals surface area (Å²) in [7, 11) is 0. The minimum Gasteiger partial charge on any atom is -0.0616 e. The monoisotopic (exact) mass is 303 g/mol. The van der Waals surface area contributed by atoms with E-state index in [9.17, 15) is 0 Å². The largest absolute Gasteiger partial charge is 0.0616 e. The number of fused-ring (bicyclic) bond motifs is 4. The molecule has 0 fully saturated rings. The van der Waals surface area contributed by atoms with Crippen molar-refractivity contribution in [3.05, 3.63) is 97.1 Å². The highest BCUT2D eigenvalue weighted by Crippen LogP contribution is 2.36. The van der Waals surface area contributed by atoms with Crippen molar-refractivity contribution in [3.8, 4) is 11.1 Å². The van der Waals surface area contributed by atoms with E-state index in [1.165, 1.54) is 38.1 Å². The second kappa shape index (κ2) is 5.21. The lowest BCUT2D eigenvalue weighted by molar-refractivity contribution is 1.69. The minimum atomic E-state index is 1.16. The number of benzene rings is 5. The molecular weight excluding hydrogens is 288 g/mol. The first-order valence-electron chi connectivity index (χ1n) is 8.22. The average Bonchev–Trinajstić information content (AvgIpc) is 2.67. The van der Waals surface area contributed by atoms with Crippen LogP contribution in [0.1, 0.15) is 0 Å². The molecule has 24 heavy (non-hydrogen) atoms. The summed E-state index contributed by atoms with van der Waals surface area (Å²) in [5.41, 5.74) is 2.55. The molecular formula is C24H15. The quantitative estimate of drug-likeness (QED) is 0.305. The second-order valence-electron chi connectivity index (χ2n) is 6.12. The molecule has 0 unspecified atom stereocenters. The third kappa shape index (κ3) is 1.93. The fraction of sp³-hybridized carbons (Fsp3) is 0. The molecule has 0 spiro atoms. The number of hydrogen-bond acceptors (Lipinski definition) is 0. The number of hydrogen-bond donors (Lipinski definition) is 0. The van der Waals surface area contributed by atoms with Gasteiger partial charge in [0, 0.05) is 0 Å². The van der Waals surface area contributed by atoms with Gasteiger partial charge in [-0.1, -0.05) is 91.0 Å². The zero-order valence-corrected chi connectivity index (χ0v) is 13.2. The fourth-order valence-electron chi connectivity index (χ4n) is 3.66. The topological polar surface area (TPSA) is 0 Å². The van der Waals surface area contributed by atoms with Gasteiger partial charge in [0.05, 0.1) is 0 Å². The van der Waals surface area contributed by atoms with E-state index >= 15 is 0 Å². The SMILES string of the molecule is [c]1ccc(-c2cccc3c2ccc2ccccc23)c2ccccc12. The molecule has 5 rings (SSSR count). The maximum Gasteiger partial charge on any atom is -0.00987 e. The van der Waals surface area contributed by atoms with Crippen LogP contribution in [0.15, 0.2) is 91.0 Å². The molecule has 0 nitrogen and oxygen atoms in total. The lowest BCUT2D eigenvalue weighted by atomic mass is 9.92. The van der Waals surface area contributed by atoms with Crippen LogP contribution in [-0.4, -0.2) is 0 Å². The summed E-state index contributed by atoms with van der Waals surface area (Å²) in [5, 5.41) is 7.61. The van der Waals surface area contributed by atoms with Crippen LogP contribution in [0.2, 0.25) is 0 Å². The molecule has 0 aliphatic carbocycles. The van der Waals surface area contributed by atoms with Gasteiger partial charge in [-0.3, -0.25) is 0 Å². The lowest BCUT2D eigenvalue weighted by Gasteiger charge is -2.12. The highest BCUT2D eigenvalue weighted by atomic mass is 14.1. The summed E-state index contributed by atoms with van der Waals surface area (Å²) in [4.78, 5) is 0. The molecule has 0 aliphatic heterocycles. The Bertz CT molecular complexity index is 1190. The van der Waals surface area contributed by atoms with Crippen molar-refractivity contribution >= 4 is 32.3 Å². The van der Waals surface area contributed by atoms with Gasteiger partial charge in [0.25, 0.3) is 0 Å². The standard InChI is InChI=1S/C24H15/c1-3-10-19-17(7-1)9-5-12-21(19)23-14-6-13-22-20-11-4-2-8-18(20)15-16-24(22)23/h1-8,10-16H. The summed E-state index contributed by atoms with van der Waals surface area (Å²) in [5.74, 6) is 0. The summed E-state index contributed by atoms with van der Waals surface area (Å²) < 4.78 is 0. The first-order valence-corrected chi connectivity index (χ1v) is 8.22. The van der Waals surface area contributed by atoms with E-state index in [1.807, 2.05) is 6.07 Å². The van der Waals surface area contributed by atoms with Crippen molar-refractivity contribution in [2.75, 3.05) is 0 Å². The van der Waals surface area contributed by atoms with Crippen LogP contribution in [0, 0.1) is 6.07 Å². The van der Waals surface area contributed by atoms with Gasteiger partial charge in [0.1, 0.15) is 0 Å². The van der Waals surface area contributed by atoms with Crippen LogP contribution in [0.4, 0.5) is 0 Å². The smallest absolute Gasteiger partial charge is 0.00987 e. The van der Waals surface area contributed by atoms with E-state index in [2.05, 4.69) is 91.0 Å². The van der Waals surface area contributed by atoms with Gasteiger partial charge in [0.2, 0.25) is 0 Å². The molecule has 5 aromatic carbocycles. The summed E-state index contributed by atoms with van der Waals surface area (Å²) >= 11 is 0. The Morgan fingerprint density at radius 1 is 0.458 bits per heavy atom.